The first kappa shape index (κ1) is 16.0. The smallest absolute Gasteiger partial charge is 0.358 e. The molecule has 1 aromatic heterocycles. The van der Waals surface area contributed by atoms with E-state index in [1.54, 1.807) is 12.4 Å². The second kappa shape index (κ2) is 11.0. The van der Waals surface area contributed by atoms with Gasteiger partial charge in [0.1, 0.15) is 0 Å². The van der Waals surface area contributed by atoms with Crippen molar-refractivity contribution in [2.45, 2.75) is 0 Å². The average molecular weight is 137 g/mol. The summed E-state index contributed by atoms with van der Waals surface area (Å²) in [5.74, 6) is 0. The fourth-order valence-electron chi connectivity index (χ4n) is 0.313. The minimum atomic E-state index is 0. The Bertz CT molecular complexity index is 85.0. The van der Waals surface area contributed by atoms with Crippen LogP contribution in [0.2, 0.25) is 0 Å². The van der Waals surface area contributed by atoms with Crippen molar-refractivity contribution in [2.75, 3.05) is 0 Å². The fourth-order valence-corrected chi connectivity index (χ4v) is 0.313. The predicted octanol–water partition coefficient (Wildman–Crippen LogP) is -1.31. The number of aromatic nitrogens is 1. The second-order valence-electron chi connectivity index (χ2n) is 1.02. The molecule has 0 atom stereocenters. The van der Waals surface area contributed by atoms with Crippen molar-refractivity contribution in [3.63, 3.8) is 0 Å². The zero-order chi connectivity index (χ0) is 4.24. The summed E-state index contributed by atoms with van der Waals surface area (Å²) in [6.07, 6.45) is 3.50. The van der Waals surface area contributed by atoms with Crippen molar-refractivity contribution in [1.82, 2.24) is 4.98 Å². The van der Waals surface area contributed by atoms with Gasteiger partial charge in [0.15, 0.2) is 0 Å². The molecule has 1 aromatic rings. The Kier molecular flexibility index (Phi) is 19.5. The average Bonchev–Trinajstić information content (AvgIpc) is 1.72. The molecule has 0 aliphatic carbocycles. The van der Waals surface area contributed by atoms with E-state index in [2.05, 4.69) is 4.98 Å². The van der Waals surface area contributed by atoms with Crippen molar-refractivity contribution in [1.29, 1.82) is 0 Å². The van der Waals surface area contributed by atoms with Gasteiger partial charge in [-0.25, -0.2) is 0 Å². The first-order chi connectivity index (χ1) is 3.00. The predicted molar refractivity (Wildman–Crippen MR) is 33.2 cm³/mol. The van der Waals surface area contributed by atoms with Crippen LogP contribution < -0.4 is 29.6 Å². The molecule has 1 nitrogen and oxygen atoms in total. The van der Waals surface area contributed by atoms with Crippen molar-refractivity contribution in [2.24, 2.45) is 0 Å². The summed E-state index contributed by atoms with van der Waals surface area (Å²) in [6.45, 7) is 0. The molecule has 0 radical (unpaired) electrons. The number of nitrogens with zero attached hydrogens (tertiary/aromatic N) is 1. The summed E-state index contributed by atoms with van der Waals surface area (Å²) in [7, 11) is 0. The normalized spacial score (nSPS) is 5.33. The molecule has 46 valence electrons. The van der Waals surface area contributed by atoms with Gasteiger partial charge in [0.05, 0.1) is 0 Å². The van der Waals surface area contributed by atoms with E-state index < -0.39 is 0 Å². The zero-order valence-corrected chi connectivity index (χ0v) is 7.74. The largest absolute Gasteiger partial charge is 1.00 e. The summed E-state index contributed by atoms with van der Waals surface area (Å²) in [5.41, 5.74) is 0. The molecule has 1 heterocycles. The van der Waals surface area contributed by atoms with E-state index in [-0.39, 0.29) is 41.7 Å². The number of hydrogen-bond donors (Lipinski definition) is 0. The molecule has 0 N–H and O–H groups in total. The van der Waals surface area contributed by atoms with Crippen LogP contribution in [0.15, 0.2) is 30.6 Å². The van der Waals surface area contributed by atoms with Gasteiger partial charge in [0.2, 0.25) is 0 Å². The third kappa shape index (κ3) is 8.08. The minimum absolute atomic E-state index is 0. The third-order valence-corrected chi connectivity index (χ3v) is 0.566. The number of rotatable bonds is 0. The fraction of sp³-hybridized carbons (Fsp3) is 0. The van der Waals surface area contributed by atoms with Crippen molar-refractivity contribution < 1.29 is 34.3 Å². The molecule has 1 rings (SSSR count). The molecule has 0 spiro atoms. The van der Waals surface area contributed by atoms with E-state index in [9.17, 15) is 0 Å². The summed E-state index contributed by atoms with van der Waals surface area (Å²) in [6, 6.07) is 5.72. The van der Waals surface area contributed by atoms with Crippen LogP contribution in [0.5, 0.6) is 0 Å². The quantitative estimate of drug-likeness (QED) is 0.319. The van der Waals surface area contributed by atoms with E-state index in [0.29, 0.717) is 0 Å². The van der Waals surface area contributed by atoms with Gasteiger partial charge in [0, 0.05) is 12.4 Å². The van der Waals surface area contributed by atoms with Gasteiger partial charge < -0.3 is 7.43 Å². The Morgan fingerprint density at radius 2 is 1.33 bits per heavy atom. The zero-order valence-electron chi connectivity index (χ0n) is 5.74. The van der Waals surface area contributed by atoms with Gasteiger partial charge in [-0.15, -0.1) is 0 Å². The third-order valence-electron chi connectivity index (χ3n) is 0.566. The SMILES string of the molecule is F.[CH3-].[Na+].c1ccncc1. The monoisotopic (exact) mass is 137 g/mol. The van der Waals surface area contributed by atoms with Crippen molar-refractivity contribution in [3.8, 4) is 0 Å². The molecule has 0 amide bonds. The Labute approximate surface area is 77.2 Å². The summed E-state index contributed by atoms with van der Waals surface area (Å²) in [5, 5.41) is 0. The van der Waals surface area contributed by atoms with E-state index >= 15 is 0 Å². The van der Waals surface area contributed by atoms with Crippen molar-refractivity contribution in [3.05, 3.63) is 38.0 Å². The van der Waals surface area contributed by atoms with E-state index in [1.165, 1.54) is 0 Å². The minimum Gasteiger partial charge on any atom is -0.358 e. The maximum atomic E-state index is 3.78. The Morgan fingerprint density at radius 3 is 1.44 bits per heavy atom. The van der Waals surface area contributed by atoms with Gasteiger partial charge in [-0.3, -0.25) is 9.69 Å². The molecular formula is C6H9FNNa. The molecule has 0 aliphatic rings. The van der Waals surface area contributed by atoms with Crippen LogP contribution in [0.4, 0.5) is 4.70 Å². The summed E-state index contributed by atoms with van der Waals surface area (Å²) >= 11 is 0. The van der Waals surface area contributed by atoms with Gasteiger partial charge in [0.25, 0.3) is 0 Å². The molecule has 0 fully saturated rings. The maximum absolute atomic E-state index is 3.78. The molecule has 3 heteroatoms. The molecule has 0 saturated carbocycles. The molecular weight excluding hydrogens is 128 g/mol. The first-order valence-electron chi connectivity index (χ1n) is 1.85. The van der Waals surface area contributed by atoms with Crippen LogP contribution in [-0.2, 0) is 0 Å². The molecule has 0 saturated heterocycles. The Balaban J connectivity index is -0.000000120. The summed E-state index contributed by atoms with van der Waals surface area (Å²) in [4.78, 5) is 3.78. The van der Waals surface area contributed by atoms with E-state index in [0.717, 1.165) is 0 Å². The first-order valence-corrected chi connectivity index (χ1v) is 1.85. The summed E-state index contributed by atoms with van der Waals surface area (Å²) < 4.78 is 0. The number of pyridine rings is 1. The maximum Gasteiger partial charge on any atom is 1.00 e. The second-order valence-corrected chi connectivity index (χ2v) is 1.02. The van der Waals surface area contributed by atoms with Gasteiger partial charge in [-0.1, -0.05) is 6.07 Å². The molecule has 0 aromatic carbocycles. The van der Waals surface area contributed by atoms with Crippen LogP contribution in [-0.4, -0.2) is 4.98 Å². The Morgan fingerprint density at radius 1 is 0.889 bits per heavy atom. The van der Waals surface area contributed by atoms with Crippen LogP contribution >= 0.6 is 0 Å². The topological polar surface area (TPSA) is 12.9 Å². The Hall–Kier alpha value is 0.0800. The molecule has 0 bridgehead atoms. The van der Waals surface area contributed by atoms with Gasteiger partial charge in [-0.2, -0.15) is 0 Å². The molecule has 0 aliphatic heterocycles. The molecule has 0 unspecified atom stereocenters. The van der Waals surface area contributed by atoms with Gasteiger partial charge in [-0.05, 0) is 12.1 Å². The van der Waals surface area contributed by atoms with E-state index in [4.69, 9.17) is 0 Å². The number of halogens is 1. The van der Waals surface area contributed by atoms with Crippen LogP contribution in [0, 0.1) is 7.43 Å². The van der Waals surface area contributed by atoms with Crippen LogP contribution in [0.3, 0.4) is 0 Å². The van der Waals surface area contributed by atoms with Crippen LogP contribution in [0.1, 0.15) is 0 Å². The van der Waals surface area contributed by atoms with Crippen LogP contribution in [0.25, 0.3) is 0 Å². The number of hydrogen-bond acceptors (Lipinski definition) is 1. The standard InChI is InChI=1S/C5H5N.CH3.FH.Na/c1-2-4-6-5-3-1;;;/h1-5H;1H3;1H;/q;-1;;+1. The molecule has 9 heavy (non-hydrogen) atoms. The van der Waals surface area contributed by atoms with Gasteiger partial charge >= 0.3 is 29.6 Å². The van der Waals surface area contributed by atoms with E-state index in [1.807, 2.05) is 18.2 Å². The van der Waals surface area contributed by atoms with Crippen molar-refractivity contribution >= 4 is 0 Å².